The molecule has 0 bridgehead atoms. The van der Waals surface area contributed by atoms with Crippen molar-refractivity contribution in [3.8, 4) is 0 Å². The Labute approximate surface area is 122 Å². The standard InChI is InChI=1S/C13H16Cl2N2O2/c1-17-4-2-9(3-5-17)19-13(18)10-6-8(14)7-11(15)12(10)16/h6-7,9H,2-5,16H2,1H3. The van der Waals surface area contributed by atoms with Crippen molar-refractivity contribution in [3.63, 3.8) is 0 Å². The summed E-state index contributed by atoms with van der Waals surface area (Å²) in [7, 11) is 2.05. The van der Waals surface area contributed by atoms with Crippen LogP contribution in [0.3, 0.4) is 0 Å². The summed E-state index contributed by atoms with van der Waals surface area (Å²) in [4.78, 5) is 14.3. The lowest BCUT2D eigenvalue weighted by Crippen LogP contribution is -2.35. The lowest BCUT2D eigenvalue weighted by molar-refractivity contribution is 0.0140. The SMILES string of the molecule is CN1CCC(OC(=O)c2cc(Cl)cc(Cl)c2N)CC1. The van der Waals surface area contributed by atoms with Crippen LogP contribution in [0.4, 0.5) is 5.69 Å². The zero-order valence-corrected chi connectivity index (χ0v) is 12.2. The first-order chi connectivity index (χ1) is 8.97. The molecule has 1 aliphatic heterocycles. The van der Waals surface area contributed by atoms with Crippen molar-refractivity contribution in [2.75, 3.05) is 25.9 Å². The van der Waals surface area contributed by atoms with E-state index in [1.54, 1.807) is 0 Å². The number of halogens is 2. The molecule has 1 aromatic carbocycles. The molecule has 104 valence electrons. The number of carbonyl (C=O) groups is 1. The molecule has 1 aliphatic rings. The zero-order chi connectivity index (χ0) is 14.0. The van der Waals surface area contributed by atoms with Crippen molar-refractivity contribution in [2.24, 2.45) is 0 Å². The van der Waals surface area contributed by atoms with Crippen LogP contribution in [-0.4, -0.2) is 37.1 Å². The minimum Gasteiger partial charge on any atom is -0.459 e. The number of nitrogens with two attached hydrogens (primary N) is 1. The second-order valence-electron chi connectivity index (χ2n) is 4.76. The van der Waals surface area contributed by atoms with E-state index >= 15 is 0 Å². The molecule has 0 radical (unpaired) electrons. The number of nitrogen functional groups attached to an aromatic ring is 1. The monoisotopic (exact) mass is 302 g/mol. The largest absolute Gasteiger partial charge is 0.459 e. The number of ether oxygens (including phenoxy) is 1. The van der Waals surface area contributed by atoms with Crippen LogP contribution in [0.25, 0.3) is 0 Å². The van der Waals surface area contributed by atoms with Crippen molar-refractivity contribution < 1.29 is 9.53 Å². The summed E-state index contributed by atoms with van der Waals surface area (Å²) in [6.07, 6.45) is 1.59. The molecule has 0 aromatic heterocycles. The first kappa shape index (κ1) is 14.4. The van der Waals surface area contributed by atoms with Crippen LogP contribution in [0.5, 0.6) is 0 Å². The first-order valence-corrected chi connectivity index (χ1v) is 6.87. The third-order valence-corrected chi connectivity index (χ3v) is 3.78. The van der Waals surface area contributed by atoms with Gasteiger partial charge >= 0.3 is 5.97 Å². The summed E-state index contributed by atoms with van der Waals surface area (Å²) >= 11 is 11.8. The predicted octanol–water partition coefficient (Wildman–Crippen LogP) is 2.83. The van der Waals surface area contributed by atoms with Crippen molar-refractivity contribution in [1.82, 2.24) is 4.90 Å². The number of nitrogens with zero attached hydrogens (tertiary/aromatic N) is 1. The van der Waals surface area contributed by atoms with E-state index in [9.17, 15) is 4.79 Å². The minimum atomic E-state index is -0.462. The first-order valence-electron chi connectivity index (χ1n) is 6.11. The number of anilines is 1. The Morgan fingerprint density at radius 1 is 1.37 bits per heavy atom. The highest BCUT2D eigenvalue weighted by Crippen LogP contribution is 2.28. The third kappa shape index (κ3) is 3.53. The van der Waals surface area contributed by atoms with E-state index in [1.807, 2.05) is 7.05 Å². The van der Waals surface area contributed by atoms with Gasteiger partial charge in [-0.05, 0) is 32.0 Å². The average Bonchev–Trinajstić information content (AvgIpc) is 2.36. The molecule has 0 atom stereocenters. The summed E-state index contributed by atoms with van der Waals surface area (Å²) in [5.74, 6) is -0.462. The van der Waals surface area contributed by atoms with Gasteiger partial charge in [0.1, 0.15) is 6.10 Å². The summed E-state index contributed by atoms with van der Waals surface area (Å²) in [5, 5.41) is 0.636. The highest BCUT2D eigenvalue weighted by atomic mass is 35.5. The van der Waals surface area contributed by atoms with E-state index in [1.165, 1.54) is 12.1 Å². The molecule has 0 spiro atoms. The quantitative estimate of drug-likeness (QED) is 0.674. The van der Waals surface area contributed by atoms with Crippen molar-refractivity contribution in [2.45, 2.75) is 18.9 Å². The highest BCUT2D eigenvalue weighted by Gasteiger charge is 2.23. The molecule has 0 amide bonds. The molecule has 1 aromatic rings. The molecule has 2 rings (SSSR count). The molecule has 0 aliphatic carbocycles. The van der Waals surface area contributed by atoms with E-state index in [-0.39, 0.29) is 22.4 Å². The molecule has 1 fully saturated rings. The molecular formula is C13H16Cl2N2O2. The van der Waals surface area contributed by atoms with Crippen molar-refractivity contribution >= 4 is 34.9 Å². The van der Waals surface area contributed by atoms with Gasteiger partial charge in [-0.3, -0.25) is 0 Å². The number of hydrogen-bond donors (Lipinski definition) is 1. The average molecular weight is 303 g/mol. The maximum atomic E-state index is 12.1. The Morgan fingerprint density at radius 3 is 2.63 bits per heavy atom. The van der Waals surface area contributed by atoms with Gasteiger partial charge in [-0.25, -0.2) is 4.79 Å². The van der Waals surface area contributed by atoms with Crippen LogP contribution in [0.1, 0.15) is 23.2 Å². The van der Waals surface area contributed by atoms with Crippen LogP contribution in [0, 0.1) is 0 Å². The van der Waals surface area contributed by atoms with Gasteiger partial charge in [0.25, 0.3) is 0 Å². The zero-order valence-electron chi connectivity index (χ0n) is 10.7. The number of likely N-dealkylation sites (tertiary alicyclic amines) is 1. The number of carbonyl (C=O) groups excluding carboxylic acids is 1. The van der Waals surface area contributed by atoms with Gasteiger partial charge in [-0.2, -0.15) is 0 Å². The van der Waals surface area contributed by atoms with Gasteiger partial charge in [0.15, 0.2) is 0 Å². The minimum absolute atomic E-state index is 0.0687. The smallest absolute Gasteiger partial charge is 0.340 e. The normalized spacial score (nSPS) is 17.4. The van der Waals surface area contributed by atoms with E-state index in [4.69, 9.17) is 33.7 Å². The summed E-state index contributed by atoms with van der Waals surface area (Å²) in [6.45, 7) is 1.84. The fourth-order valence-corrected chi connectivity index (χ4v) is 2.56. The van der Waals surface area contributed by atoms with Gasteiger partial charge in [-0.15, -0.1) is 0 Å². The van der Waals surface area contributed by atoms with Gasteiger partial charge < -0.3 is 15.4 Å². The molecule has 6 heteroatoms. The molecule has 0 unspecified atom stereocenters. The van der Waals surface area contributed by atoms with Crippen LogP contribution >= 0.6 is 23.2 Å². The second kappa shape index (κ2) is 5.99. The maximum Gasteiger partial charge on any atom is 0.340 e. The number of benzene rings is 1. The summed E-state index contributed by atoms with van der Waals surface area (Å²) < 4.78 is 5.45. The fourth-order valence-electron chi connectivity index (χ4n) is 2.07. The topological polar surface area (TPSA) is 55.6 Å². The van der Waals surface area contributed by atoms with Gasteiger partial charge in [0.05, 0.1) is 16.3 Å². The molecular weight excluding hydrogens is 287 g/mol. The molecule has 19 heavy (non-hydrogen) atoms. The summed E-state index contributed by atoms with van der Waals surface area (Å²) in [5.41, 5.74) is 6.22. The Kier molecular flexibility index (Phi) is 4.55. The Balaban J connectivity index is 2.08. The molecule has 4 nitrogen and oxygen atoms in total. The van der Waals surface area contributed by atoms with Gasteiger partial charge in [0.2, 0.25) is 0 Å². The van der Waals surface area contributed by atoms with E-state index in [2.05, 4.69) is 4.90 Å². The second-order valence-corrected chi connectivity index (χ2v) is 5.60. The number of piperidine rings is 1. The van der Waals surface area contributed by atoms with Gasteiger partial charge in [0, 0.05) is 18.1 Å². The van der Waals surface area contributed by atoms with Crippen molar-refractivity contribution in [3.05, 3.63) is 27.7 Å². The number of esters is 1. The van der Waals surface area contributed by atoms with Crippen molar-refractivity contribution in [1.29, 1.82) is 0 Å². The summed E-state index contributed by atoms with van der Waals surface area (Å²) in [6, 6.07) is 2.99. The van der Waals surface area contributed by atoms with Crippen LogP contribution < -0.4 is 5.73 Å². The fraction of sp³-hybridized carbons (Fsp3) is 0.462. The lowest BCUT2D eigenvalue weighted by atomic mass is 10.1. The number of rotatable bonds is 2. The molecule has 1 heterocycles. The Morgan fingerprint density at radius 2 is 2.00 bits per heavy atom. The molecule has 0 saturated carbocycles. The van der Waals surface area contributed by atoms with Crippen LogP contribution in [-0.2, 0) is 4.74 Å². The van der Waals surface area contributed by atoms with E-state index in [0.29, 0.717) is 5.02 Å². The number of hydrogen-bond acceptors (Lipinski definition) is 4. The van der Waals surface area contributed by atoms with Crippen LogP contribution in [0.2, 0.25) is 10.0 Å². The lowest BCUT2D eigenvalue weighted by Gasteiger charge is -2.28. The van der Waals surface area contributed by atoms with E-state index in [0.717, 1.165) is 25.9 Å². The Hall–Kier alpha value is -0.970. The Bertz CT molecular complexity index is 486. The highest BCUT2D eigenvalue weighted by molar-refractivity contribution is 6.37. The van der Waals surface area contributed by atoms with Crippen LogP contribution in [0.15, 0.2) is 12.1 Å². The van der Waals surface area contributed by atoms with E-state index < -0.39 is 5.97 Å². The molecule has 2 N–H and O–H groups in total. The maximum absolute atomic E-state index is 12.1. The molecule has 1 saturated heterocycles. The predicted molar refractivity (Wildman–Crippen MR) is 76.8 cm³/mol. The third-order valence-electron chi connectivity index (χ3n) is 3.25. The van der Waals surface area contributed by atoms with Gasteiger partial charge in [-0.1, -0.05) is 23.2 Å².